The summed E-state index contributed by atoms with van der Waals surface area (Å²) < 4.78 is 27.3. The van der Waals surface area contributed by atoms with Crippen LogP contribution in [0.5, 0.6) is 0 Å². The van der Waals surface area contributed by atoms with Crippen LogP contribution in [0.15, 0.2) is 18.2 Å². The minimum atomic E-state index is -1.38. The van der Waals surface area contributed by atoms with Gasteiger partial charge in [-0.15, -0.1) is 0 Å². The third-order valence-corrected chi connectivity index (χ3v) is 7.85. The van der Waals surface area contributed by atoms with E-state index in [0.29, 0.717) is 17.8 Å². The van der Waals surface area contributed by atoms with E-state index in [1.165, 1.54) is 18.2 Å². The Morgan fingerprint density at radius 3 is 2.80 bits per heavy atom. The van der Waals surface area contributed by atoms with Gasteiger partial charge in [0.25, 0.3) is 5.91 Å². The van der Waals surface area contributed by atoms with Crippen LogP contribution in [0.3, 0.4) is 0 Å². The minimum Gasteiger partial charge on any atom is -0.350 e. The van der Waals surface area contributed by atoms with Crippen LogP contribution < -0.4 is 4.98 Å². The molecule has 1 fully saturated rings. The zero-order chi connectivity index (χ0) is 18.2. The standard InChI is InChI=1S/C18H25F2N3OSi/c1-4-23(13-6-5-7-25(2,3)21-11-13)18(24)17-10-14-15(20)8-12(19)9-16(14)22-17/h8-10,13,21-22H,4-7,11H2,1-3H3. The van der Waals surface area contributed by atoms with E-state index in [1.807, 2.05) is 11.8 Å². The lowest BCUT2D eigenvalue weighted by molar-refractivity contribution is 0.0679. The predicted molar refractivity (Wildman–Crippen MR) is 98.2 cm³/mol. The molecule has 7 heteroatoms. The second-order valence-electron chi connectivity index (χ2n) is 7.43. The van der Waals surface area contributed by atoms with E-state index in [2.05, 4.69) is 23.1 Å². The van der Waals surface area contributed by atoms with E-state index in [1.54, 1.807) is 0 Å². The van der Waals surface area contributed by atoms with E-state index in [-0.39, 0.29) is 17.3 Å². The fourth-order valence-corrected chi connectivity index (χ4v) is 5.68. The number of nitrogens with zero attached hydrogens (tertiary/aromatic N) is 1. The van der Waals surface area contributed by atoms with Crippen LogP contribution in [0.2, 0.25) is 19.1 Å². The van der Waals surface area contributed by atoms with E-state index >= 15 is 0 Å². The number of aromatic nitrogens is 1. The number of H-pyrrole nitrogens is 1. The fourth-order valence-electron chi connectivity index (χ4n) is 3.63. The Balaban J connectivity index is 1.86. The van der Waals surface area contributed by atoms with Crippen molar-refractivity contribution in [1.82, 2.24) is 14.9 Å². The van der Waals surface area contributed by atoms with Gasteiger partial charge in [-0.3, -0.25) is 4.79 Å². The summed E-state index contributed by atoms with van der Waals surface area (Å²) in [5.41, 5.74) is 0.617. The molecule has 2 aromatic rings. The maximum absolute atomic E-state index is 13.9. The Morgan fingerprint density at radius 1 is 1.32 bits per heavy atom. The molecule has 1 aliphatic rings. The summed E-state index contributed by atoms with van der Waals surface area (Å²) in [4.78, 5) is 21.4. The van der Waals surface area contributed by atoms with Gasteiger partial charge >= 0.3 is 0 Å². The number of hydrogen-bond acceptors (Lipinski definition) is 2. The highest BCUT2D eigenvalue weighted by atomic mass is 28.3. The smallest absolute Gasteiger partial charge is 0.270 e. The van der Waals surface area contributed by atoms with Gasteiger partial charge in [0.2, 0.25) is 0 Å². The molecule has 1 saturated heterocycles. The quantitative estimate of drug-likeness (QED) is 0.812. The zero-order valence-electron chi connectivity index (χ0n) is 15.0. The first-order valence-corrected chi connectivity index (χ1v) is 12.0. The van der Waals surface area contributed by atoms with Crippen LogP contribution in [-0.2, 0) is 0 Å². The molecule has 2 N–H and O–H groups in total. The van der Waals surface area contributed by atoms with Crippen LogP contribution in [0.4, 0.5) is 8.78 Å². The topological polar surface area (TPSA) is 48.1 Å². The molecule has 25 heavy (non-hydrogen) atoms. The largest absolute Gasteiger partial charge is 0.350 e. The highest BCUT2D eigenvalue weighted by molar-refractivity contribution is 6.75. The van der Waals surface area contributed by atoms with Gasteiger partial charge in [0, 0.05) is 30.6 Å². The highest BCUT2D eigenvalue weighted by Gasteiger charge is 2.31. The lowest BCUT2D eigenvalue weighted by Gasteiger charge is -2.31. The Labute approximate surface area is 147 Å². The van der Waals surface area contributed by atoms with Crippen molar-refractivity contribution in [2.24, 2.45) is 0 Å². The second-order valence-corrected chi connectivity index (χ2v) is 12.1. The lowest BCUT2D eigenvalue weighted by atomic mass is 10.1. The molecule has 1 atom stereocenters. The zero-order valence-corrected chi connectivity index (χ0v) is 16.0. The predicted octanol–water partition coefficient (Wildman–Crippen LogP) is 3.87. The Kier molecular flexibility index (Phi) is 4.97. The van der Waals surface area contributed by atoms with E-state index in [4.69, 9.17) is 0 Å². The molecule has 0 radical (unpaired) electrons. The number of carbonyl (C=O) groups is 1. The van der Waals surface area contributed by atoms with Gasteiger partial charge in [-0.05, 0) is 31.5 Å². The van der Waals surface area contributed by atoms with Crippen molar-refractivity contribution in [3.8, 4) is 0 Å². The molecule has 0 bridgehead atoms. The van der Waals surface area contributed by atoms with Gasteiger partial charge in [0.05, 0.1) is 5.52 Å². The van der Waals surface area contributed by atoms with Crippen molar-refractivity contribution in [2.45, 2.75) is 44.9 Å². The number of rotatable bonds is 3. The molecule has 136 valence electrons. The summed E-state index contributed by atoms with van der Waals surface area (Å²) in [6.07, 6.45) is 2.07. The third-order valence-electron chi connectivity index (χ3n) is 5.08. The summed E-state index contributed by atoms with van der Waals surface area (Å²) in [5, 5.41) is 0.244. The molecule has 1 aliphatic heterocycles. The maximum Gasteiger partial charge on any atom is 0.270 e. The Hall–Kier alpha value is -1.73. The molecular formula is C18H25F2N3OSi. The fraction of sp³-hybridized carbons (Fsp3) is 0.500. The number of hydrogen-bond donors (Lipinski definition) is 2. The number of aromatic amines is 1. The van der Waals surface area contributed by atoms with Gasteiger partial charge in [-0.25, -0.2) is 8.78 Å². The number of benzene rings is 1. The molecule has 1 aromatic carbocycles. The van der Waals surface area contributed by atoms with E-state index in [0.717, 1.165) is 25.5 Å². The van der Waals surface area contributed by atoms with Crippen LogP contribution in [0.1, 0.15) is 30.3 Å². The number of halogens is 2. The summed E-state index contributed by atoms with van der Waals surface area (Å²) in [6.45, 7) is 7.95. The van der Waals surface area contributed by atoms with Crippen molar-refractivity contribution in [1.29, 1.82) is 0 Å². The van der Waals surface area contributed by atoms with Crippen molar-refractivity contribution in [2.75, 3.05) is 13.1 Å². The first-order valence-electron chi connectivity index (χ1n) is 8.84. The normalized spacial score (nSPS) is 20.4. The van der Waals surface area contributed by atoms with Crippen molar-refractivity contribution >= 4 is 25.0 Å². The molecule has 1 amide bonds. The molecule has 0 aliphatic carbocycles. The summed E-state index contributed by atoms with van der Waals surface area (Å²) in [7, 11) is -1.38. The van der Waals surface area contributed by atoms with Gasteiger partial charge < -0.3 is 14.9 Å². The molecule has 4 nitrogen and oxygen atoms in total. The summed E-state index contributed by atoms with van der Waals surface area (Å²) in [5.74, 6) is -1.47. The maximum atomic E-state index is 13.9. The average Bonchev–Trinajstić information content (AvgIpc) is 2.88. The van der Waals surface area contributed by atoms with Crippen molar-refractivity contribution in [3.63, 3.8) is 0 Å². The third kappa shape index (κ3) is 3.77. The van der Waals surface area contributed by atoms with Crippen LogP contribution in [-0.4, -0.2) is 43.2 Å². The minimum absolute atomic E-state index is 0.125. The molecule has 1 unspecified atom stereocenters. The van der Waals surface area contributed by atoms with Gasteiger partial charge in [0.15, 0.2) is 0 Å². The molecule has 3 rings (SSSR count). The average molecular weight is 366 g/mol. The number of nitrogens with one attached hydrogen (secondary N) is 2. The van der Waals surface area contributed by atoms with Crippen molar-refractivity contribution < 1.29 is 13.6 Å². The van der Waals surface area contributed by atoms with Crippen molar-refractivity contribution in [3.05, 3.63) is 35.5 Å². The molecule has 0 saturated carbocycles. The first kappa shape index (κ1) is 18.1. The monoisotopic (exact) mass is 365 g/mol. The van der Waals surface area contributed by atoms with E-state index in [9.17, 15) is 13.6 Å². The number of carbonyl (C=O) groups excluding carboxylic acids is 1. The van der Waals surface area contributed by atoms with Gasteiger partial charge in [-0.2, -0.15) is 0 Å². The lowest BCUT2D eigenvalue weighted by Crippen LogP contribution is -2.50. The van der Waals surface area contributed by atoms with E-state index < -0.39 is 19.9 Å². The summed E-state index contributed by atoms with van der Waals surface area (Å²) >= 11 is 0. The summed E-state index contributed by atoms with van der Waals surface area (Å²) in [6, 6.07) is 4.86. The SMILES string of the molecule is CCN(C(=O)c1cc2c(F)cc(F)cc2[nH]1)C1CCC[Si](C)(C)NC1. The number of amides is 1. The Bertz CT molecular complexity index is 790. The van der Waals surface area contributed by atoms with Crippen LogP contribution >= 0.6 is 0 Å². The first-order chi connectivity index (χ1) is 11.8. The van der Waals surface area contributed by atoms with Gasteiger partial charge in [0.1, 0.15) is 25.6 Å². The van der Waals surface area contributed by atoms with Crippen LogP contribution in [0.25, 0.3) is 10.9 Å². The van der Waals surface area contributed by atoms with Gasteiger partial charge in [-0.1, -0.05) is 19.5 Å². The van der Waals surface area contributed by atoms with Crippen LogP contribution in [0, 0.1) is 11.6 Å². The molecule has 2 heterocycles. The second kappa shape index (κ2) is 6.88. The molecular weight excluding hydrogens is 340 g/mol. The number of likely N-dealkylation sites (N-methyl/N-ethyl adjacent to an activating group) is 1. The molecule has 1 aromatic heterocycles. The highest BCUT2D eigenvalue weighted by Crippen LogP contribution is 2.24. The Morgan fingerprint density at radius 2 is 2.08 bits per heavy atom. The molecule has 0 spiro atoms. The number of fused-ring (bicyclic) bond motifs is 1.